The molecule has 0 N–H and O–H groups in total. The van der Waals surface area contributed by atoms with Gasteiger partial charge in [0.2, 0.25) is 0 Å². The van der Waals surface area contributed by atoms with E-state index < -0.39 is 0 Å². The average molecular weight is 428 g/mol. The molecular weight excluding hydrogens is 402 g/mol. The molecule has 0 spiro atoms. The summed E-state index contributed by atoms with van der Waals surface area (Å²) < 4.78 is 1.03. The minimum absolute atomic E-state index is 0.126. The van der Waals surface area contributed by atoms with E-state index in [-0.39, 0.29) is 5.91 Å². The third-order valence-corrected chi connectivity index (χ3v) is 6.34. The van der Waals surface area contributed by atoms with Crippen molar-refractivity contribution in [2.45, 2.75) is 38.6 Å². The lowest BCUT2D eigenvalue weighted by Gasteiger charge is -2.36. The van der Waals surface area contributed by atoms with Crippen molar-refractivity contribution in [1.29, 1.82) is 0 Å². The lowest BCUT2D eigenvalue weighted by atomic mass is 10.0. The van der Waals surface area contributed by atoms with E-state index in [9.17, 15) is 4.79 Å². The van der Waals surface area contributed by atoms with Crippen LogP contribution in [0.2, 0.25) is 0 Å². The van der Waals surface area contributed by atoms with E-state index >= 15 is 0 Å². The molecule has 2 aliphatic heterocycles. The molecule has 2 saturated heterocycles. The highest BCUT2D eigenvalue weighted by molar-refractivity contribution is 9.10. The van der Waals surface area contributed by atoms with E-state index in [1.165, 1.54) is 25.9 Å². The molecule has 4 rings (SSSR count). The van der Waals surface area contributed by atoms with Gasteiger partial charge in [-0.15, -0.1) is 0 Å². The maximum Gasteiger partial charge on any atom is 0.255 e. The fourth-order valence-electron chi connectivity index (χ4n) is 4.31. The maximum absolute atomic E-state index is 13.0. The van der Waals surface area contributed by atoms with Crippen LogP contribution in [-0.2, 0) is 0 Å². The largest absolute Gasteiger partial charge is 0.338 e. The number of pyridine rings is 1. The summed E-state index contributed by atoms with van der Waals surface area (Å²) in [5.41, 5.74) is 3.49. The van der Waals surface area contributed by atoms with Crippen LogP contribution in [0, 0.1) is 6.92 Å². The van der Waals surface area contributed by atoms with Crippen molar-refractivity contribution in [2.75, 3.05) is 26.2 Å². The number of nitrogens with zero attached hydrogens (tertiary/aromatic N) is 3. The number of aryl methyl sites for hydroxylation is 1. The smallest absolute Gasteiger partial charge is 0.255 e. The van der Waals surface area contributed by atoms with Gasteiger partial charge in [-0.25, -0.2) is 0 Å². The Morgan fingerprint density at radius 2 is 1.81 bits per heavy atom. The third-order valence-electron chi connectivity index (χ3n) is 5.85. The van der Waals surface area contributed by atoms with Crippen LogP contribution in [0.1, 0.15) is 41.7 Å². The molecular formula is C22H26BrN3O. The van der Waals surface area contributed by atoms with Crippen LogP contribution in [0.4, 0.5) is 0 Å². The number of carbonyl (C=O) groups is 1. The Morgan fingerprint density at radius 3 is 2.48 bits per heavy atom. The molecule has 3 heterocycles. The number of benzene rings is 1. The SMILES string of the molecule is Cc1nc(-c2cccc(Br)c2)ccc1C(=O)N1CCC(N2CCCC2)CC1. The lowest BCUT2D eigenvalue weighted by Crippen LogP contribution is -2.46. The Kier molecular flexibility index (Phi) is 5.60. The maximum atomic E-state index is 13.0. The second kappa shape index (κ2) is 8.11. The van der Waals surface area contributed by atoms with Crippen molar-refractivity contribution in [3.63, 3.8) is 0 Å². The van der Waals surface area contributed by atoms with E-state index in [0.29, 0.717) is 6.04 Å². The highest BCUT2D eigenvalue weighted by Gasteiger charge is 2.29. The number of amides is 1. The molecule has 1 aromatic carbocycles. The summed E-state index contributed by atoms with van der Waals surface area (Å²) in [5.74, 6) is 0.126. The minimum Gasteiger partial charge on any atom is -0.338 e. The first-order chi connectivity index (χ1) is 13.1. The Balaban J connectivity index is 1.44. The summed E-state index contributed by atoms with van der Waals surface area (Å²) in [6.45, 7) is 6.11. The molecule has 27 heavy (non-hydrogen) atoms. The topological polar surface area (TPSA) is 36.4 Å². The highest BCUT2D eigenvalue weighted by Crippen LogP contribution is 2.25. The number of likely N-dealkylation sites (tertiary alicyclic amines) is 2. The van der Waals surface area contributed by atoms with Crippen LogP contribution < -0.4 is 0 Å². The van der Waals surface area contributed by atoms with Gasteiger partial charge in [-0.1, -0.05) is 28.1 Å². The second-order valence-electron chi connectivity index (χ2n) is 7.61. The molecule has 0 radical (unpaired) electrons. The summed E-state index contributed by atoms with van der Waals surface area (Å²) in [6.07, 6.45) is 4.84. The molecule has 0 saturated carbocycles. The van der Waals surface area contributed by atoms with Gasteiger partial charge < -0.3 is 9.80 Å². The average Bonchev–Trinajstić information content (AvgIpc) is 3.22. The van der Waals surface area contributed by atoms with E-state index in [4.69, 9.17) is 4.98 Å². The Morgan fingerprint density at radius 1 is 1.07 bits per heavy atom. The molecule has 0 atom stereocenters. The van der Waals surface area contributed by atoms with Gasteiger partial charge in [0.05, 0.1) is 17.0 Å². The quantitative estimate of drug-likeness (QED) is 0.722. The number of hydrogen-bond donors (Lipinski definition) is 0. The van der Waals surface area contributed by atoms with Crippen LogP contribution in [0.5, 0.6) is 0 Å². The van der Waals surface area contributed by atoms with Crippen molar-refractivity contribution in [1.82, 2.24) is 14.8 Å². The number of rotatable bonds is 3. The number of hydrogen-bond acceptors (Lipinski definition) is 3. The van der Waals surface area contributed by atoms with Crippen molar-refractivity contribution < 1.29 is 4.79 Å². The van der Waals surface area contributed by atoms with Crippen molar-refractivity contribution >= 4 is 21.8 Å². The van der Waals surface area contributed by atoms with Crippen LogP contribution in [0.25, 0.3) is 11.3 Å². The van der Waals surface area contributed by atoms with Gasteiger partial charge >= 0.3 is 0 Å². The Hall–Kier alpha value is -1.72. The molecule has 142 valence electrons. The van der Waals surface area contributed by atoms with Gasteiger partial charge in [0.1, 0.15) is 0 Å². The predicted octanol–water partition coefficient (Wildman–Crippen LogP) is 4.52. The van der Waals surface area contributed by atoms with E-state index in [1.807, 2.05) is 48.2 Å². The molecule has 2 aromatic rings. The van der Waals surface area contributed by atoms with Gasteiger partial charge in [0.25, 0.3) is 5.91 Å². The summed E-state index contributed by atoms with van der Waals surface area (Å²) in [6, 6.07) is 12.6. The van der Waals surface area contributed by atoms with Crippen molar-refractivity contribution in [3.05, 3.63) is 52.1 Å². The van der Waals surface area contributed by atoms with Crippen LogP contribution in [0.15, 0.2) is 40.9 Å². The van der Waals surface area contributed by atoms with Gasteiger partial charge in [-0.3, -0.25) is 9.78 Å². The van der Waals surface area contributed by atoms with E-state index in [2.05, 4.69) is 20.8 Å². The fraction of sp³-hybridized carbons (Fsp3) is 0.455. The zero-order valence-corrected chi connectivity index (χ0v) is 17.4. The summed E-state index contributed by atoms with van der Waals surface area (Å²) >= 11 is 3.50. The van der Waals surface area contributed by atoms with Gasteiger partial charge in [-0.05, 0) is 70.0 Å². The molecule has 5 heteroatoms. The van der Waals surface area contributed by atoms with Gasteiger partial charge in [0, 0.05) is 29.2 Å². The number of halogens is 1. The predicted molar refractivity (Wildman–Crippen MR) is 112 cm³/mol. The molecule has 4 nitrogen and oxygen atoms in total. The van der Waals surface area contributed by atoms with Crippen LogP contribution in [0.3, 0.4) is 0 Å². The Bertz CT molecular complexity index is 824. The molecule has 0 unspecified atom stereocenters. The molecule has 2 aliphatic rings. The normalized spacial score (nSPS) is 18.8. The van der Waals surface area contributed by atoms with Crippen LogP contribution in [-0.4, -0.2) is 52.9 Å². The molecule has 2 fully saturated rings. The first-order valence-electron chi connectivity index (χ1n) is 9.89. The first kappa shape index (κ1) is 18.6. The molecule has 0 aliphatic carbocycles. The zero-order chi connectivity index (χ0) is 18.8. The molecule has 1 amide bonds. The van der Waals surface area contributed by atoms with Gasteiger partial charge in [-0.2, -0.15) is 0 Å². The number of aromatic nitrogens is 1. The monoisotopic (exact) mass is 427 g/mol. The van der Waals surface area contributed by atoms with Crippen molar-refractivity contribution in [2.24, 2.45) is 0 Å². The third kappa shape index (κ3) is 4.09. The summed E-state index contributed by atoms with van der Waals surface area (Å²) in [7, 11) is 0. The fourth-order valence-corrected chi connectivity index (χ4v) is 4.71. The first-order valence-corrected chi connectivity index (χ1v) is 10.7. The van der Waals surface area contributed by atoms with Crippen LogP contribution >= 0.6 is 15.9 Å². The summed E-state index contributed by atoms with van der Waals surface area (Å²) in [5, 5.41) is 0. The molecule has 0 bridgehead atoms. The molecule has 1 aromatic heterocycles. The van der Waals surface area contributed by atoms with Gasteiger partial charge in [0.15, 0.2) is 0 Å². The zero-order valence-electron chi connectivity index (χ0n) is 15.8. The van der Waals surface area contributed by atoms with E-state index in [1.54, 1.807) is 0 Å². The highest BCUT2D eigenvalue weighted by atomic mass is 79.9. The minimum atomic E-state index is 0.126. The lowest BCUT2D eigenvalue weighted by molar-refractivity contribution is 0.0643. The standard InChI is InChI=1S/C22H26BrN3O/c1-16-20(7-8-21(24-16)17-5-4-6-18(23)15-17)22(27)26-13-9-19(10-14-26)25-11-2-3-12-25/h4-8,15,19H,2-3,9-14H2,1H3. The summed E-state index contributed by atoms with van der Waals surface area (Å²) in [4.78, 5) is 22.3. The van der Waals surface area contributed by atoms with E-state index in [0.717, 1.165) is 52.9 Å². The second-order valence-corrected chi connectivity index (χ2v) is 8.52. The number of piperidine rings is 1. The van der Waals surface area contributed by atoms with Crippen molar-refractivity contribution in [3.8, 4) is 11.3 Å². The number of carbonyl (C=O) groups excluding carboxylic acids is 1. The Labute approximate surface area is 169 Å².